The first kappa shape index (κ1) is 17.7. The maximum atomic E-state index is 12.2. The molecule has 2 rings (SSSR count). The fraction of sp³-hybridized carbons (Fsp3) is 0.263. The number of carbonyl (C=O) groups excluding carboxylic acids is 2. The molecule has 0 saturated carbocycles. The van der Waals surface area contributed by atoms with Crippen LogP contribution in [0.15, 0.2) is 42.5 Å². The standard InChI is InChI=1S/C19H22N2O3/c1-13-7-6-8-14(2)18(13)17-10-5-4-9-15(17)11-16(22)12-20-21-19(23)24-3/h4-10,20H,11-12H2,1-3H3,(H,21,23). The normalized spacial score (nSPS) is 10.3. The number of aryl methyl sites for hydroxylation is 2. The van der Waals surface area contributed by atoms with Crippen molar-refractivity contribution in [2.75, 3.05) is 13.7 Å². The molecule has 2 aromatic rings. The Morgan fingerprint density at radius 2 is 1.67 bits per heavy atom. The molecule has 0 unspecified atom stereocenters. The zero-order valence-corrected chi connectivity index (χ0v) is 14.2. The van der Waals surface area contributed by atoms with E-state index in [4.69, 9.17) is 0 Å². The Morgan fingerprint density at radius 3 is 2.33 bits per heavy atom. The molecule has 2 N–H and O–H groups in total. The molecule has 0 saturated heterocycles. The Hall–Kier alpha value is -2.66. The molecular formula is C19H22N2O3. The van der Waals surface area contributed by atoms with Crippen LogP contribution >= 0.6 is 0 Å². The summed E-state index contributed by atoms with van der Waals surface area (Å²) in [4.78, 5) is 23.1. The largest absolute Gasteiger partial charge is 0.452 e. The van der Waals surface area contributed by atoms with E-state index in [-0.39, 0.29) is 12.3 Å². The van der Waals surface area contributed by atoms with Gasteiger partial charge in [0.2, 0.25) is 0 Å². The summed E-state index contributed by atoms with van der Waals surface area (Å²) in [7, 11) is 1.26. The summed E-state index contributed by atoms with van der Waals surface area (Å²) in [6.07, 6.45) is -0.335. The lowest BCUT2D eigenvalue weighted by Crippen LogP contribution is -2.40. The average molecular weight is 326 g/mol. The van der Waals surface area contributed by atoms with Crippen LogP contribution in [0.4, 0.5) is 4.79 Å². The Bertz CT molecular complexity index is 721. The van der Waals surface area contributed by atoms with Gasteiger partial charge in [0.25, 0.3) is 0 Å². The molecule has 0 aliphatic rings. The highest BCUT2D eigenvalue weighted by Crippen LogP contribution is 2.30. The molecule has 24 heavy (non-hydrogen) atoms. The van der Waals surface area contributed by atoms with Crippen molar-refractivity contribution in [1.82, 2.24) is 10.9 Å². The molecule has 0 fully saturated rings. The number of Topliss-reactive ketones (excluding diaryl/α,β-unsaturated/α-hetero) is 1. The minimum atomic E-state index is -0.626. The average Bonchev–Trinajstić information content (AvgIpc) is 2.56. The lowest BCUT2D eigenvalue weighted by Gasteiger charge is -2.14. The van der Waals surface area contributed by atoms with Crippen LogP contribution in [0.2, 0.25) is 0 Å². The number of nitrogens with one attached hydrogen (secondary N) is 2. The Morgan fingerprint density at radius 1 is 1.00 bits per heavy atom. The second-order valence-corrected chi connectivity index (χ2v) is 5.61. The summed E-state index contributed by atoms with van der Waals surface area (Å²) >= 11 is 0. The highest BCUT2D eigenvalue weighted by atomic mass is 16.5. The lowest BCUT2D eigenvalue weighted by atomic mass is 9.90. The molecule has 0 atom stereocenters. The number of rotatable bonds is 6. The van der Waals surface area contributed by atoms with Gasteiger partial charge in [-0.3, -0.25) is 10.2 Å². The van der Waals surface area contributed by atoms with Gasteiger partial charge in [-0.2, -0.15) is 0 Å². The molecule has 0 radical (unpaired) electrons. The minimum Gasteiger partial charge on any atom is -0.452 e. The maximum absolute atomic E-state index is 12.2. The highest BCUT2D eigenvalue weighted by molar-refractivity contribution is 5.86. The van der Waals surface area contributed by atoms with E-state index in [1.165, 1.54) is 23.8 Å². The van der Waals surface area contributed by atoms with Crippen LogP contribution in [0, 0.1) is 13.8 Å². The molecule has 0 aromatic heterocycles. The third kappa shape index (κ3) is 4.43. The topological polar surface area (TPSA) is 67.4 Å². The molecule has 5 heteroatoms. The number of ether oxygens (including phenoxy) is 1. The van der Waals surface area contributed by atoms with E-state index < -0.39 is 6.09 Å². The van der Waals surface area contributed by atoms with Gasteiger partial charge in [-0.05, 0) is 41.7 Å². The van der Waals surface area contributed by atoms with E-state index in [9.17, 15) is 9.59 Å². The highest BCUT2D eigenvalue weighted by Gasteiger charge is 2.12. The van der Waals surface area contributed by atoms with Crippen molar-refractivity contribution in [2.45, 2.75) is 20.3 Å². The molecule has 0 bridgehead atoms. The van der Waals surface area contributed by atoms with E-state index in [2.05, 4.69) is 41.6 Å². The van der Waals surface area contributed by atoms with E-state index in [0.717, 1.165) is 11.1 Å². The van der Waals surface area contributed by atoms with Crippen LogP contribution in [0.1, 0.15) is 16.7 Å². The quantitative estimate of drug-likeness (QED) is 0.801. The summed E-state index contributed by atoms with van der Waals surface area (Å²) in [6, 6.07) is 14.1. The van der Waals surface area contributed by atoms with Crippen molar-refractivity contribution < 1.29 is 14.3 Å². The van der Waals surface area contributed by atoms with Crippen molar-refractivity contribution in [2.24, 2.45) is 0 Å². The van der Waals surface area contributed by atoms with Gasteiger partial charge in [-0.25, -0.2) is 10.2 Å². The van der Waals surface area contributed by atoms with Gasteiger partial charge in [-0.15, -0.1) is 0 Å². The molecule has 0 aliphatic carbocycles. The van der Waals surface area contributed by atoms with Crippen molar-refractivity contribution >= 4 is 11.9 Å². The molecule has 126 valence electrons. The molecule has 1 amide bonds. The maximum Gasteiger partial charge on any atom is 0.421 e. The zero-order valence-electron chi connectivity index (χ0n) is 14.2. The third-order valence-electron chi connectivity index (χ3n) is 3.82. The van der Waals surface area contributed by atoms with Crippen molar-refractivity contribution in [3.63, 3.8) is 0 Å². The molecule has 2 aromatic carbocycles. The fourth-order valence-corrected chi connectivity index (χ4v) is 2.70. The van der Waals surface area contributed by atoms with Crippen LogP contribution < -0.4 is 10.9 Å². The number of methoxy groups -OCH3 is 1. The smallest absolute Gasteiger partial charge is 0.421 e. The molecule has 5 nitrogen and oxygen atoms in total. The van der Waals surface area contributed by atoms with Crippen molar-refractivity contribution in [1.29, 1.82) is 0 Å². The van der Waals surface area contributed by atoms with E-state index in [1.807, 2.05) is 30.3 Å². The van der Waals surface area contributed by atoms with Gasteiger partial charge in [0, 0.05) is 6.42 Å². The summed E-state index contributed by atoms with van der Waals surface area (Å²) in [5, 5.41) is 0. The zero-order chi connectivity index (χ0) is 17.5. The molecule has 0 heterocycles. The number of hydrogen-bond donors (Lipinski definition) is 2. The second-order valence-electron chi connectivity index (χ2n) is 5.61. The van der Waals surface area contributed by atoms with E-state index in [1.54, 1.807) is 0 Å². The minimum absolute atomic E-state index is 0.0231. The second kappa shape index (κ2) is 8.26. The first-order valence-corrected chi connectivity index (χ1v) is 7.76. The van der Waals surface area contributed by atoms with Crippen molar-refractivity contribution in [3.8, 4) is 11.1 Å². The van der Waals surface area contributed by atoms with Gasteiger partial charge in [-0.1, -0.05) is 42.5 Å². The summed E-state index contributed by atoms with van der Waals surface area (Å²) in [5.74, 6) is -0.0231. The van der Waals surface area contributed by atoms with Crippen LogP contribution in [-0.4, -0.2) is 25.5 Å². The van der Waals surface area contributed by atoms with Gasteiger partial charge < -0.3 is 4.74 Å². The number of hydrogen-bond acceptors (Lipinski definition) is 4. The fourth-order valence-electron chi connectivity index (χ4n) is 2.70. The molecule has 0 spiro atoms. The number of benzene rings is 2. The van der Waals surface area contributed by atoms with Crippen molar-refractivity contribution in [3.05, 3.63) is 59.2 Å². The van der Waals surface area contributed by atoms with Gasteiger partial charge in [0.05, 0.1) is 13.7 Å². The van der Waals surface area contributed by atoms with Crippen LogP contribution in [0.5, 0.6) is 0 Å². The number of carbonyl (C=O) groups is 2. The lowest BCUT2D eigenvalue weighted by molar-refractivity contribution is -0.117. The third-order valence-corrected chi connectivity index (χ3v) is 3.82. The predicted molar refractivity (Wildman–Crippen MR) is 93.6 cm³/mol. The summed E-state index contributed by atoms with van der Waals surface area (Å²) in [5.41, 5.74) is 10.4. The van der Waals surface area contributed by atoms with Crippen LogP contribution in [0.3, 0.4) is 0 Å². The monoisotopic (exact) mass is 326 g/mol. The first-order chi connectivity index (χ1) is 11.5. The Kier molecular flexibility index (Phi) is 6.09. The van der Waals surface area contributed by atoms with E-state index in [0.29, 0.717) is 6.42 Å². The van der Waals surface area contributed by atoms with Gasteiger partial charge in [0.1, 0.15) is 0 Å². The molecule has 0 aliphatic heterocycles. The predicted octanol–water partition coefficient (Wildman–Crippen LogP) is 2.94. The SMILES string of the molecule is COC(=O)NNCC(=O)Cc1ccccc1-c1c(C)cccc1C. The van der Waals surface area contributed by atoms with Gasteiger partial charge >= 0.3 is 6.09 Å². The Labute approximate surface area is 142 Å². The number of amides is 1. The van der Waals surface area contributed by atoms with E-state index >= 15 is 0 Å². The number of ketones is 1. The van der Waals surface area contributed by atoms with Gasteiger partial charge in [0.15, 0.2) is 5.78 Å². The van der Waals surface area contributed by atoms with Crippen LogP contribution in [0.25, 0.3) is 11.1 Å². The summed E-state index contributed by atoms with van der Waals surface area (Å²) < 4.78 is 4.43. The van der Waals surface area contributed by atoms with Crippen LogP contribution in [-0.2, 0) is 16.0 Å². The number of hydrazine groups is 1. The Balaban J connectivity index is 2.15. The first-order valence-electron chi connectivity index (χ1n) is 7.76. The summed E-state index contributed by atoms with van der Waals surface area (Å²) in [6.45, 7) is 4.18. The molecular weight excluding hydrogens is 304 g/mol.